The van der Waals surface area contributed by atoms with E-state index < -0.39 is 5.97 Å². The number of ether oxygens (including phenoxy) is 1. The van der Waals surface area contributed by atoms with E-state index >= 15 is 0 Å². The molecule has 0 aliphatic carbocycles. The van der Waals surface area contributed by atoms with Gasteiger partial charge in [0.05, 0.1) is 0 Å². The molecular weight excluding hydrogens is 196 g/mol. The van der Waals surface area contributed by atoms with Gasteiger partial charge >= 0.3 is 5.97 Å². The van der Waals surface area contributed by atoms with Gasteiger partial charge in [0.1, 0.15) is 6.61 Å². The predicted octanol–water partition coefficient (Wildman–Crippen LogP) is 0.814. The minimum atomic E-state index is -1.06. The van der Waals surface area contributed by atoms with Gasteiger partial charge in [-0.1, -0.05) is 6.07 Å². The standard InChI is InChI=1S/C10H14N2O3/c1-6-3-4-8(15-5-7(2)11)12-9(6)10(13)14/h3-4,7H,5,11H2,1-2H3,(H,13,14). The molecule has 1 aromatic heterocycles. The Hall–Kier alpha value is -1.62. The van der Waals surface area contributed by atoms with Crippen LogP contribution in [-0.2, 0) is 0 Å². The Kier molecular flexibility index (Phi) is 3.62. The lowest BCUT2D eigenvalue weighted by Gasteiger charge is -2.08. The summed E-state index contributed by atoms with van der Waals surface area (Å²) in [6.07, 6.45) is 0. The van der Waals surface area contributed by atoms with Gasteiger partial charge in [-0.2, -0.15) is 0 Å². The average Bonchev–Trinajstić information content (AvgIpc) is 2.16. The van der Waals surface area contributed by atoms with Crippen molar-refractivity contribution in [3.8, 4) is 5.88 Å². The topological polar surface area (TPSA) is 85.4 Å². The van der Waals surface area contributed by atoms with E-state index in [-0.39, 0.29) is 17.6 Å². The number of carbonyl (C=O) groups is 1. The molecular formula is C10H14N2O3. The molecule has 5 nitrogen and oxygen atoms in total. The maximum absolute atomic E-state index is 10.8. The van der Waals surface area contributed by atoms with Crippen LogP contribution < -0.4 is 10.5 Å². The average molecular weight is 210 g/mol. The van der Waals surface area contributed by atoms with Crippen LogP contribution >= 0.6 is 0 Å². The van der Waals surface area contributed by atoms with Crippen molar-refractivity contribution in [3.63, 3.8) is 0 Å². The first-order valence-corrected chi connectivity index (χ1v) is 4.60. The van der Waals surface area contributed by atoms with E-state index in [1.165, 1.54) is 0 Å². The van der Waals surface area contributed by atoms with Crippen molar-refractivity contribution < 1.29 is 14.6 Å². The number of aromatic carboxylic acids is 1. The molecule has 1 rings (SSSR count). The summed E-state index contributed by atoms with van der Waals surface area (Å²) in [5.41, 5.74) is 6.12. The van der Waals surface area contributed by atoms with Gasteiger partial charge in [0.25, 0.3) is 0 Å². The zero-order valence-corrected chi connectivity index (χ0v) is 8.73. The van der Waals surface area contributed by atoms with Crippen LogP contribution in [0.15, 0.2) is 12.1 Å². The maximum atomic E-state index is 10.8. The highest BCUT2D eigenvalue weighted by atomic mass is 16.5. The molecule has 0 fully saturated rings. The van der Waals surface area contributed by atoms with Gasteiger partial charge in [-0.25, -0.2) is 9.78 Å². The van der Waals surface area contributed by atoms with Gasteiger partial charge in [-0.15, -0.1) is 0 Å². The van der Waals surface area contributed by atoms with Gasteiger partial charge in [0, 0.05) is 12.1 Å². The largest absolute Gasteiger partial charge is 0.477 e. The SMILES string of the molecule is Cc1ccc(OCC(C)N)nc1C(=O)O. The Morgan fingerprint density at radius 2 is 2.33 bits per heavy atom. The lowest BCUT2D eigenvalue weighted by molar-refractivity contribution is 0.0688. The highest BCUT2D eigenvalue weighted by Gasteiger charge is 2.10. The smallest absolute Gasteiger partial charge is 0.354 e. The van der Waals surface area contributed by atoms with Crippen LogP contribution in [0.5, 0.6) is 5.88 Å². The molecule has 0 aliphatic heterocycles. The number of nitrogens with zero attached hydrogens (tertiary/aromatic N) is 1. The van der Waals surface area contributed by atoms with Crippen LogP contribution in [0, 0.1) is 6.92 Å². The van der Waals surface area contributed by atoms with E-state index in [0.29, 0.717) is 12.2 Å². The maximum Gasteiger partial charge on any atom is 0.354 e. The zero-order valence-electron chi connectivity index (χ0n) is 8.73. The Morgan fingerprint density at radius 3 is 2.87 bits per heavy atom. The van der Waals surface area contributed by atoms with Crippen LogP contribution in [0.25, 0.3) is 0 Å². The molecule has 0 saturated carbocycles. The summed E-state index contributed by atoms with van der Waals surface area (Å²) >= 11 is 0. The number of carboxylic acids is 1. The van der Waals surface area contributed by atoms with Gasteiger partial charge in [0.15, 0.2) is 5.69 Å². The first-order valence-electron chi connectivity index (χ1n) is 4.60. The van der Waals surface area contributed by atoms with Crippen LogP contribution in [-0.4, -0.2) is 28.7 Å². The lowest BCUT2D eigenvalue weighted by atomic mass is 10.2. The first-order chi connectivity index (χ1) is 7.00. The van der Waals surface area contributed by atoms with Crippen LogP contribution in [0.3, 0.4) is 0 Å². The fourth-order valence-electron chi connectivity index (χ4n) is 1.02. The van der Waals surface area contributed by atoms with E-state index in [0.717, 1.165) is 0 Å². The molecule has 1 unspecified atom stereocenters. The highest BCUT2D eigenvalue weighted by molar-refractivity contribution is 5.87. The summed E-state index contributed by atoms with van der Waals surface area (Å²) in [5.74, 6) is -0.769. The molecule has 1 atom stereocenters. The molecule has 82 valence electrons. The van der Waals surface area contributed by atoms with Crippen molar-refractivity contribution in [3.05, 3.63) is 23.4 Å². The summed E-state index contributed by atoms with van der Waals surface area (Å²) in [4.78, 5) is 14.6. The number of hydrogen-bond acceptors (Lipinski definition) is 4. The number of carboxylic acid groups (broad SMARTS) is 1. The molecule has 0 saturated heterocycles. The minimum Gasteiger partial charge on any atom is -0.477 e. The normalized spacial score (nSPS) is 12.2. The number of aromatic nitrogens is 1. The molecule has 3 N–H and O–H groups in total. The van der Waals surface area contributed by atoms with E-state index in [4.69, 9.17) is 15.6 Å². The highest BCUT2D eigenvalue weighted by Crippen LogP contribution is 2.12. The minimum absolute atomic E-state index is 0.0113. The third-order valence-electron chi connectivity index (χ3n) is 1.77. The Bertz CT molecular complexity index is 364. The first kappa shape index (κ1) is 11.5. The fourth-order valence-corrected chi connectivity index (χ4v) is 1.02. The molecule has 0 aromatic carbocycles. The summed E-state index contributed by atoms with van der Waals surface area (Å²) in [6, 6.07) is 3.18. The van der Waals surface area contributed by atoms with E-state index in [2.05, 4.69) is 4.98 Å². The molecule has 0 aliphatic rings. The summed E-state index contributed by atoms with van der Waals surface area (Å²) in [7, 11) is 0. The van der Waals surface area contributed by atoms with E-state index in [1.54, 1.807) is 26.0 Å². The molecule has 1 aromatic rings. The molecule has 0 bridgehead atoms. The van der Waals surface area contributed by atoms with E-state index in [9.17, 15) is 4.79 Å². The Balaban J connectivity index is 2.83. The van der Waals surface area contributed by atoms with Crippen molar-refractivity contribution in [2.24, 2.45) is 5.73 Å². The quantitative estimate of drug-likeness (QED) is 0.768. The molecule has 15 heavy (non-hydrogen) atoms. The summed E-state index contributed by atoms with van der Waals surface area (Å²) in [5, 5.41) is 8.82. The van der Waals surface area contributed by atoms with Crippen LogP contribution in [0.2, 0.25) is 0 Å². The third-order valence-corrected chi connectivity index (χ3v) is 1.77. The number of nitrogens with two attached hydrogens (primary N) is 1. The van der Waals surface area contributed by atoms with Crippen molar-refractivity contribution in [2.45, 2.75) is 19.9 Å². The summed E-state index contributed by atoms with van der Waals surface area (Å²) in [6.45, 7) is 3.80. The van der Waals surface area contributed by atoms with Crippen LogP contribution in [0.4, 0.5) is 0 Å². The molecule has 1 heterocycles. The Labute approximate surface area is 87.9 Å². The number of aryl methyl sites for hydroxylation is 1. The molecule has 0 amide bonds. The summed E-state index contributed by atoms with van der Waals surface area (Å²) < 4.78 is 5.21. The van der Waals surface area contributed by atoms with Crippen LogP contribution in [0.1, 0.15) is 23.0 Å². The van der Waals surface area contributed by atoms with Gasteiger partial charge in [-0.3, -0.25) is 0 Å². The zero-order chi connectivity index (χ0) is 11.4. The second-order valence-corrected chi connectivity index (χ2v) is 3.41. The Morgan fingerprint density at radius 1 is 1.67 bits per heavy atom. The molecule has 0 radical (unpaired) electrons. The lowest BCUT2D eigenvalue weighted by Crippen LogP contribution is -2.24. The second-order valence-electron chi connectivity index (χ2n) is 3.41. The van der Waals surface area contributed by atoms with Crippen molar-refractivity contribution in [1.29, 1.82) is 0 Å². The number of hydrogen-bond donors (Lipinski definition) is 2. The van der Waals surface area contributed by atoms with Crippen molar-refractivity contribution in [2.75, 3.05) is 6.61 Å². The van der Waals surface area contributed by atoms with Gasteiger partial charge in [-0.05, 0) is 19.4 Å². The van der Waals surface area contributed by atoms with Gasteiger partial charge in [0.2, 0.25) is 5.88 Å². The molecule has 5 heteroatoms. The molecule has 0 spiro atoms. The predicted molar refractivity (Wildman–Crippen MR) is 55.1 cm³/mol. The van der Waals surface area contributed by atoms with Crippen molar-refractivity contribution in [1.82, 2.24) is 4.98 Å². The second kappa shape index (κ2) is 4.75. The van der Waals surface area contributed by atoms with E-state index in [1.807, 2.05) is 0 Å². The monoisotopic (exact) mass is 210 g/mol. The number of rotatable bonds is 4. The van der Waals surface area contributed by atoms with Gasteiger partial charge < -0.3 is 15.6 Å². The third kappa shape index (κ3) is 3.21. The fraction of sp³-hybridized carbons (Fsp3) is 0.400. The number of pyridine rings is 1. The van der Waals surface area contributed by atoms with Crippen molar-refractivity contribution >= 4 is 5.97 Å².